The molecule has 0 spiro atoms. The Labute approximate surface area is 139 Å². The van der Waals surface area contributed by atoms with Crippen LogP contribution in [0.25, 0.3) is 11.3 Å². The van der Waals surface area contributed by atoms with E-state index in [1.165, 1.54) is 0 Å². The summed E-state index contributed by atoms with van der Waals surface area (Å²) in [6.45, 7) is 1.85. The molecule has 120 valence electrons. The Balaban J connectivity index is 1.55. The zero-order valence-electron chi connectivity index (χ0n) is 12.6. The van der Waals surface area contributed by atoms with Crippen molar-refractivity contribution in [1.82, 2.24) is 10.1 Å². The second-order valence-electron chi connectivity index (χ2n) is 5.96. The predicted molar refractivity (Wildman–Crippen MR) is 85.0 cm³/mol. The third-order valence-electron chi connectivity index (χ3n) is 4.47. The van der Waals surface area contributed by atoms with Crippen LogP contribution in [-0.4, -0.2) is 35.2 Å². The van der Waals surface area contributed by atoms with Gasteiger partial charge >= 0.3 is 0 Å². The van der Waals surface area contributed by atoms with E-state index < -0.39 is 0 Å². The predicted octanol–water partition coefficient (Wildman–Crippen LogP) is 3.06. The molecular formula is C17H17ClN2O3. The van der Waals surface area contributed by atoms with Crippen molar-refractivity contribution in [2.75, 3.05) is 13.2 Å². The van der Waals surface area contributed by atoms with Gasteiger partial charge in [-0.05, 0) is 43.5 Å². The molecule has 5 nitrogen and oxygen atoms in total. The fourth-order valence-corrected chi connectivity index (χ4v) is 3.35. The third kappa shape index (κ3) is 2.75. The van der Waals surface area contributed by atoms with Crippen LogP contribution in [0.1, 0.15) is 24.1 Å². The quantitative estimate of drug-likeness (QED) is 0.848. The Bertz CT molecular complexity index is 720. The molecule has 0 radical (unpaired) electrons. The van der Waals surface area contributed by atoms with E-state index in [1.807, 2.05) is 29.2 Å². The number of amides is 1. The van der Waals surface area contributed by atoms with Crippen LogP contribution in [-0.2, 0) is 22.5 Å². The maximum Gasteiger partial charge on any atom is 0.252 e. The highest BCUT2D eigenvalue weighted by molar-refractivity contribution is 6.30. The average molecular weight is 333 g/mol. The van der Waals surface area contributed by atoms with Crippen LogP contribution in [0.15, 0.2) is 28.8 Å². The van der Waals surface area contributed by atoms with E-state index in [0.717, 1.165) is 41.8 Å². The van der Waals surface area contributed by atoms with Gasteiger partial charge < -0.3 is 14.2 Å². The van der Waals surface area contributed by atoms with E-state index in [9.17, 15) is 4.79 Å². The normalized spacial score (nSPS) is 20.6. The van der Waals surface area contributed by atoms with Crippen LogP contribution in [0.4, 0.5) is 0 Å². The van der Waals surface area contributed by atoms with Crippen molar-refractivity contribution in [2.45, 2.75) is 31.9 Å². The SMILES string of the molecule is O=C(C1CCCO1)N1CCc2c(noc2-c2ccc(Cl)cc2)C1. The molecule has 3 heterocycles. The number of rotatable bonds is 2. The van der Waals surface area contributed by atoms with E-state index in [-0.39, 0.29) is 12.0 Å². The number of halogens is 1. The van der Waals surface area contributed by atoms with Crippen LogP contribution in [0, 0.1) is 0 Å². The first-order chi connectivity index (χ1) is 11.2. The molecule has 0 saturated carbocycles. The van der Waals surface area contributed by atoms with Crippen molar-refractivity contribution in [1.29, 1.82) is 0 Å². The first-order valence-corrected chi connectivity index (χ1v) is 8.24. The molecule has 23 heavy (non-hydrogen) atoms. The van der Waals surface area contributed by atoms with Crippen LogP contribution < -0.4 is 0 Å². The van der Waals surface area contributed by atoms with E-state index in [1.54, 1.807) is 0 Å². The maximum atomic E-state index is 12.5. The molecule has 1 aromatic heterocycles. The van der Waals surface area contributed by atoms with Crippen molar-refractivity contribution in [3.05, 3.63) is 40.5 Å². The van der Waals surface area contributed by atoms with Crippen LogP contribution in [0.3, 0.4) is 0 Å². The zero-order valence-corrected chi connectivity index (χ0v) is 13.4. The van der Waals surface area contributed by atoms with Gasteiger partial charge in [0.05, 0.1) is 6.54 Å². The van der Waals surface area contributed by atoms with Crippen LogP contribution >= 0.6 is 11.6 Å². The van der Waals surface area contributed by atoms with E-state index in [0.29, 0.717) is 24.7 Å². The Kier molecular flexibility index (Phi) is 3.83. The summed E-state index contributed by atoms with van der Waals surface area (Å²) in [4.78, 5) is 14.3. The molecule has 0 N–H and O–H groups in total. The number of ether oxygens (including phenoxy) is 1. The smallest absolute Gasteiger partial charge is 0.252 e. The molecular weight excluding hydrogens is 316 g/mol. The highest BCUT2D eigenvalue weighted by atomic mass is 35.5. The lowest BCUT2D eigenvalue weighted by Gasteiger charge is -2.28. The summed E-state index contributed by atoms with van der Waals surface area (Å²) in [6.07, 6.45) is 2.24. The molecule has 4 rings (SSSR count). The monoisotopic (exact) mass is 332 g/mol. The van der Waals surface area contributed by atoms with E-state index in [2.05, 4.69) is 5.16 Å². The molecule has 2 aliphatic heterocycles. The second-order valence-corrected chi connectivity index (χ2v) is 6.39. The average Bonchev–Trinajstić information content (AvgIpc) is 3.24. The number of hydrogen-bond donors (Lipinski definition) is 0. The highest BCUT2D eigenvalue weighted by Gasteiger charge is 2.32. The number of fused-ring (bicyclic) bond motifs is 1. The maximum absolute atomic E-state index is 12.5. The summed E-state index contributed by atoms with van der Waals surface area (Å²) in [7, 11) is 0. The number of carbonyl (C=O) groups is 1. The molecule has 1 fully saturated rings. The minimum absolute atomic E-state index is 0.0733. The van der Waals surface area contributed by atoms with Crippen LogP contribution in [0.5, 0.6) is 0 Å². The first-order valence-electron chi connectivity index (χ1n) is 7.86. The molecule has 0 aliphatic carbocycles. The molecule has 1 amide bonds. The van der Waals surface area contributed by atoms with Gasteiger partial charge in [0.15, 0.2) is 5.76 Å². The van der Waals surface area contributed by atoms with Gasteiger partial charge in [0.1, 0.15) is 11.8 Å². The molecule has 1 aromatic carbocycles. The van der Waals surface area contributed by atoms with E-state index >= 15 is 0 Å². The van der Waals surface area contributed by atoms with Gasteiger partial charge in [0.2, 0.25) is 0 Å². The summed E-state index contributed by atoms with van der Waals surface area (Å²) in [5.74, 6) is 0.852. The Morgan fingerprint density at radius 2 is 2.13 bits per heavy atom. The molecule has 2 aromatic rings. The summed E-state index contributed by atoms with van der Waals surface area (Å²) < 4.78 is 11.0. The Morgan fingerprint density at radius 1 is 1.30 bits per heavy atom. The Morgan fingerprint density at radius 3 is 2.87 bits per heavy atom. The summed E-state index contributed by atoms with van der Waals surface area (Å²) in [5, 5.41) is 4.86. The number of aromatic nitrogens is 1. The molecule has 2 aliphatic rings. The number of hydrogen-bond acceptors (Lipinski definition) is 4. The topological polar surface area (TPSA) is 55.6 Å². The van der Waals surface area contributed by atoms with Crippen molar-refractivity contribution in [3.63, 3.8) is 0 Å². The van der Waals surface area contributed by atoms with Crippen molar-refractivity contribution in [3.8, 4) is 11.3 Å². The van der Waals surface area contributed by atoms with Gasteiger partial charge in [-0.1, -0.05) is 16.8 Å². The summed E-state index contributed by atoms with van der Waals surface area (Å²) >= 11 is 5.93. The minimum Gasteiger partial charge on any atom is -0.368 e. The fraction of sp³-hybridized carbons (Fsp3) is 0.412. The van der Waals surface area contributed by atoms with Gasteiger partial charge in [-0.25, -0.2) is 0 Å². The van der Waals surface area contributed by atoms with Crippen molar-refractivity contribution < 1.29 is 14.1 Å². The lowest BCUT2D eigenvalue weighted by atomic mass is 10.00. The van der Waals surface area contributed by atoms with Crippen molar-refractivity contribution in [2.24, 2.45) is 0 Å². The number of benzene rings is 1. The number of nitrogens with zero attached hydrogens (tertiary/aromatic N) is 2. The number of carbonyl (C=O) groups excluding carboxylic acids is 1. The van der Waals surface area contributed by atoms with Gasteiger partial charge in [-0.2, -0.15) is 0 Å². The highest BCUT2D eigenvalue weighted by Crippen LogP contribution is 2.31. The second kappa shape index (κ2) is 5.98. The third-order valence-corrected chi connectivity index (χ3v) is 4.72. The van der Waals surface area contributed by atoms with Gasteiger partial charge in [0, 0.05) is 29.3 Å². The fourth-order valence-electron chi connectivity index (χ4n) is 3.22. The summed E-state index contributed by atoms with van der Waals surface area (Å²) in [6, 6.07) is 7.52. The zero-order chi connectivity index (χ0) is 15.8. The standard InChI is InChI=1S/C17H17ClN2O3/c18-12-5-3-11(4-6-12)16-13-7-8-20(10-14(13)19-23-16)17(21)15-2-1-9-22-15/h3-6,15H,1-2,7-10H2. The first kappa shape index (κ1) is 14.7. The van der Waals surface area contributed by atoms with Gasteiger partial charge in [-0.3, -0.25) is 4.79 Å². The lowest BCUT2D eigenvalue weighted by molar-refractivity contribution is -0.141. The van der Waals surface area contributed by atoms with Crippen molar-refractivity contribution >= 4 is 17.5 Å². The van der Waals surface area contributed by atoms with E-state index in [4.69, 9.17) is 20.9 Å². The molecule has 1 saturated heterocycles. The molecule has 0 bridgehead atoms. The van der Waals surface area contributed by atoms with Gasteiger partial charge in [0.25, 0.3) is 5.91 Å². The Hall–Kier alpha value is -1.85. The summed E-state index contributed by atoms with van der Waals surface area (Å²) in [5.41, 5.74) is 2.89. The largest absolute Gasteiger partial charge is 0.368 e. The molecule has 1 unspecified atom stereocenters. The minimum atomic E-state index is -0.279. The molecule has 6 heteroatoms. The lowest BCUT2D eigenvalue weighted by Crippen LogP contribution is -2.41. The molecule has 1 atom stereocenters. The van der Waals surface area contributed by atoms with Crippen LogP contribution in [0.2, 0.25) is 5.02 Å². The van der Waals surface area contributed by atoms with Gasteiger partial charge in [-0.15, -0.1) is 0 Å².